The molecule has 0 saturated carbocycles. The van der Waals surface area contributed by atoms with Gasteiger partial charge < -0.3 is 11.1 Å². The molecule has 0 radical (unpaired) electrons. The Bertz CT molecular complexity index is 696. The van der Waals surface area contributed by atoms with Crippen LogP contribution in [0.5, 0.6) is 0 Å². The van der Waals surface area contributed by atoms with Crippen LogP contribution in [0.3, 0.4) is 0 Å². The van der Waals surface area contributed by atoms with Crippen LogP contribution in [0.15, 0.2) is 35.2 Å². The minimum absolute atomic E-state index is 0.0379. The maximum absolute atomic E-state index is 12.2. The zero-order chi connectivity index (χ0) is 15.5. The molecule has 0 spiro atoms. The molecule has 0 unspecified atom stereocenters. The SMILES string of the molecule is CN(C)S(=O)(=O)c1c(N)nsc1NCCc1ccccc1. The van der Waals surface area contributed by atoms with Crippen molar-refractivity contribution in [2.75, 3.05) is 31.7 Å². The highest BCUT2D eigenvalue weighted by atomic mass is 32.2. The fraction of sp³-hybridized carbons (Fsp3) is 0.308. The monoisotopic (exact) mass is 326 g/mol. The van der Waals surface area contributed by atoms with Crippen LogP contribution < -0.4 is 11.1 Å². The van der Waals surface area contributed by atoms with Gasteiger partial charge in [-0.25, -0.2) is 12.7 Å². The molecule has 1 aromatic heterocycles. The van der Waals surface area contributed by atoms with Crippen molar-refractivity contribution in [3.63, 3.8) is 0 Å². The third-order valence-corrected chi connectivity index (χ3v) is 5.79. The van der Waals surface area contributed by atoms with Crippen LogP contribution in [0.2, 0.25) is 0 Å². The summed E-state index contributed by atoms with van der Waals surface area (Å²) in [5.74, 6) is 0.0379. The first-order valence-corrected chi connectivity index (χ1v) is 8.59. The second-order valence-corrected chi connectivity index (χ2v) is 7.54. The van der Waals surface area contributed by atoms with Gasteiger partial charge in [-0.1, -0.05) is 30.3 Å². The minimum atomic E-state index is -3.60. The molecule has 2 aromatic rings. The average Bonchev–Trinajstić information content (AvgIpc) is 2.81. The van der Waals surface area contributed by atoms with Crippen molar-refractivity contribution in [2.24, 2.45) is 0 Å². The molecule has 8 heteroatoms. The number of sulfonamides is 1. The molecule has 0 aliphatic heterocycles. The van der Waals surface area contributed by atoms with Gasteiger partial charge in [-0.3, -0.25) is 0 Å². The lowest BCUT2D eigenvalue weighted by atomic mass is 10.1. The van der Waals surface area contributed by atoms with Gasteiger partial charge in [0.15, 0.2) is 10.7 Å². The maximum atomic E-state index is 12.2. The molecule has 0 aliphatic carbocycles. The van der Waals surface area contributed by atoms with E-state index in [1.165, 1.54) is 19.7 Å². The van der Waals surface area contributed by atoms with Crippen LogP contribution in [0.25, 0.3) is 0 Å². The van der Waals surface area contributed by atoms with Crippen LogP contribution in [0.1, 0.15) is 5.56 Å². The molecule has 3 N–H and O–H groups in total. The molecule has 1 heterocycles. The van der Waals surface area contributed by atoms with E-state index in [0.717, 1.165) is 22.3 Å². The summed E-state index contributed by atoms with van der Waals surface area (Å²) in [6.07, 6.45) is 0.792. The summed E-state index contributed by atoms with van der Waals surface area (Å²) < 4.78 is 29.6. The largest absolute Gasteiger partial charge is 0.382 e. The fourth-order valence-corrected chi connectivity index (χ4v) is 3.91. The van der Waals surface area contributed by atoms with Crippen LogP contribution >= 0.6 is 11.5 Å². The van der Waals surface area contributed by atoms with Crippen LogP contribution in [0, 0.1) is 0 Å². The van der Waals surface area contributed by atoms with E-state index in [-0.39, 0.29) is 10.7 Å². The second kappa shape index (κ2) is 6.42. The van der Waals surface area contributed by atoms with E-state index in [1.807, 2.05) is 30.3 Å². The quantitative estimate of drug-likeness (QED) is 0.842. The Morgan fingerprint density at radius 1 is 1.29 bits per heavy atom. The molecule has 0 atom stereocenters. The van der Waals surface area contributed by atoms with Gasteiger partial charge in [-0.2, -0.15) is 4.37 Å². The van der Waals surface area contributed by atoms with Crippen molar-refractivity contribution in [1.29, 1.82) is 0 Å². The predicted octanol–water partition coefficient (Wildman–Crippen LogP) is 1.63. The Kier molecular flexibility index (Phi) is 4.81. The molecule has 0 aliphatic rings. The molecule has 114 valence electrons. The summed E-state index contributed by atoms with van der Waals surface area (Å²) in [7, 11) is -0.651. The van der Waals surface area contributed by atoms with Gasteiger partial charge >= 0.3 is 0 Å². The first-order valence-electron chi connectivity index (χ1n) is 6.38. The van der Waals surface area contributed by atoms with Crippen molar-refractivity contribution in [1.82, 2.24) is 8.68 Å². The number of hydrogen-bond donors (Lipinski definition) is 2. The summed E-state index contributed by atoms with van der Waals surface area (Å²) in [5.41, 5.74) is 6.88. The summed E-state index contributed by atoms with van der Waals surface area (Å²) in [5, 5.41) is 3.60. The third-order valence-electron chi connectivity index (χ3n) is 2.95. The van der Waals surface area contributed by atoms with Gasteiger partial charge in [0.05, 0.1) is 0 Å². The van der Waals surface area contributed by atoms with E-state index in [4.69, 9.17) is 5.73 Å². The summed E-state index contributed by atoms with van der Waals surface area (Å²) >= 11 is 1.06. The van der Waals surface area contributed by atoms with E-state index in [1.54, 1.807) is 0 Å². The van der Waals surface area contributed by atoms with Crippen molar-refractivity contribution < 1.29 is 8.42 Å². The van der Waals surface area contributed by atoms with Gasteiger partial charge in [0, 0.05) is 20.6 Å². The molecular weight excluding hydrogens is 308 g/mol. The second-order valence-electron chi connectivity index (χ2n) is 4.68. The highest BCUT2D eigenvalue weighted by Crippen LogP contribution is 2.32. The highest BCUT2D eigenvalue weighted by molar-refractivity contribution is 7.89. The van der Waals surface area contributed by atoms with E-state index >= 15 is 0 Å². The van der Waals surface area contributed by atoms with Crippen molar-refractivity contribution in [3.8, 4) is 0 Å². The first-order chi connectivity index (χ1) is 9.93. The number of nitrogen functional groups attached to an aromatic ring is 1. The van der Waals surface area contributed by atoms with Gasteiger partial charge in [-0.15, -0.1) is 0 Å². The Morgan fingerprint density at radius 2 is 1.95 bits per heavy atom. The molecule has 21 heavy (non-hydrogen) atoms. The number of hydrogen-bond acceptors (Lipinski definition) is 6. The summed E-state index contributed by atoms with van der Waals surface area (Å²) in [4.78, 5) is 0.0607. The fourth-order valence-electron chi connectivity index (χ4n) is 1.80. The lowest BCUT2D eigenvalue weighted by molar-refractivity contribution is 0.521. The van der Waals surface area contributed by atoms with Crippen molar-refractivity contribution >= 4 is 32.4 Å². The Morgan fingerprint density at radius 3 is 2.57 bits per heavy atom. The van der Waals surface area contributed by atoms with E-state index < -0.39 is 10.0 Å². The third kappa shape index (κ3) is 3.52. The smallest absolute Gasteiger partial charge is 0.249 e. The molecular formula is C13H18N4O2S2. The highest BCUT2D eigenvalue weighted by Gasteiger charge is 2.27. The summed E-state index contributed by atoms with van der Waals surface area (Å²) in [6, 6.07) is 9.97. The van der Waals surface area contributed by atoms with Gasteiger partial charge in [-0.05, 0) is 23.5 Å². The number of anilines is 2. The molecule has 0 bridgehead atoms. The van der Waals surface area contributed by atoms with E-state index in [9.17, 15) is 8.42 Å². The molecule has 6 nitrogen and oxygen atoms in total. The Hall–Kier alpha value is -1.64. The van der Waals surface area contributed by atoms with Crippen LogP contribution in [-0.4, -0.2) is 37.7 Å². The number of nitrogens with one attached hydrogen (secondary N) is 1. The van der Waals surface area contributed by atoms with Crippen molar-refractivity contribution in [3.05, 3.63) is 35.9 Å². The zero-order valence-corrected chi connectivity index (χ0v) is 13.5. The van der Waals surface area contributed by atoms with Gasteiger partial charge in [0.1, 0.15) is 5.00 Å². The normalized spacial score (nSPS) is 11.8. The topological polar surface area (TPSA) is 88.3 Å². The molecule has 0 amide bonds. The maximum Gasteiger partial charge on any atom is 0.249 e. The molecule has 0 fully saturated rings. The lowest BCUT2D eigenvalue weighted by Crippen LogP contribution is -2.23. The Balaban J connectivity index is 2.12. The van der Waals surface area contributed by atoms with E-state index in [2.05, 4.69) is 9.69 Å². The lowest BCUT2D eigenvalue weighted by Gasteiger charge is -2.12. The number of nitrogens with zero attached hydrogens (tertiary/aromatic N) is 2. The van der Waals surface area contributed by atoms with Crippen LogP contribution in [-0.2, 0) is 16.4 Å². The van der Waals surface area contributed by atoms with Gasteiger partial charge in [0.25, 0.3) is 0 Å². The molecule has 1 aromatic carbocycles. The number of aromatic nitrogens is 1. The number of nitrogens with two attached hydrogens (primary N) is 1. The molecule has 2 rings (SSSR count). The molecule has 0 saturated heterocycles. The number of rotatable bonds is 6. The Labute approximate surface area is 128 Å². The average molecular weight is 326 g/mol. The zero-order valence-electron chi connectivity index (χ0n) is 11.9. The minimum Gasteiger partial charge on any atom is -0.382 e. The standard InChI is InChI=1S/C13H18N4O2S2/c1-17(2)21(18,19)11-12(14)16-20-13(11)15-9-8-10-6-4-3-5-7-10/h3-7,15H,8-9H2,1-2H3,(H2,14,16). The van der Waals surface area contributed by atoms with Crippen molar-refractivity contribution in [2.45, 2.75) is 11.3 Å². The van der Waals surface area contributed by atoms with Gasteiger partial charge in [0.2, 0.25) is 10.0 Å². The van der Waals surface area contributed by atoms with E-state index in [0.29, 0.717) is 11.5 Å². The van der Waals surface area contributed by atoms with Crippen LogP contribution in [0.4, 0.5) is 10.8 Å². The number of benzene rings is 1. The summed E-state index contributed by atoms with van der Waals surface area (Å²) in [6.45, 7) is 0.613. The predicted molar refractivity (Wildman–Crippen MR) is 86.0 cm³/mol. The first kappa shape index (κ1) is 15.7.